The van der Waals surface area contributed by atoms with E-state index in [-0.39, 0.29) is 0 Å². The maximum Gasteiger partial charge on any atom is 0.215 e. The van der Waals surface area contributed by atoms with Crippen molar-refractivity contribution in [2.75, 3.05) is 12.8 Å². The van der Waals surface area contributed by atoms with Gasteiger partial charge in [-0.15, -0.1) is 0 Å². The molecule has 0 bridgehead atoms. The zero-order chi connectivity index (χ0) is 13.4. The number of methoxy groups -OCH3 is 1. The molecule has 2 N–H and O–H groups in total. The summed E-state index contributed by atoms with van der Waals surface area (Å²) in [7, 11) is 1.60. The van der Waals surface area contributed by atoms with Crippen LogP contribution in [-0.4, -0.2) is 21.9 Å². The minimum atomic E-state index is 0.572. The smallest absolute Gasteiger partial charge is 0.215 e. The van der Waals surface area contributed by atoms with E-state index in [1.54, 1.807) is 7.11 Å². The van der Waals surface area contributed by atoms with Crippen molar-refractivity contribution in [3.63, 3.8) is 0 Å². The molecule has 3 rings (SSSR count). The highest BCUT2D eigenvalue weighted by Gasteiger charge is 2.08. The van der Waals surface area contributed by atoms with Gasteiger partial charge in [0.1, 0.15) is 0 Å². The van der Waals surface area contributed by atoms with Crippen LogP contribution >= 0.6 is 0 Å². The summed E-state index contributed by atoms with van der Waals surface area (Å²) >= 11 is 0. The van der Waals surface area contributed by atoms with Gasteiger partial charge in [0.25, 0.3) is 0 Å². The number of pyridine rings is 1. The van der Waals surface area contributed by atoms with Crippen LogP contribution in [0.3, 0.4) is 0 Å². The molecule has 19 heavy (non-hydrogen) atoms. The van der Waals surface area contributed by atoms with Gasteiger partial charge in [0.05, 0.1) is 24.5 Å². The lowest BCUT2D eigenvalue weighted by molar-refractivity contribution is 0.396. The van der Waals surface area contributed by atoms with Crippen molar-refractivity contribution < 1.29 is 4.74 Å². The van der Waals surface area contributed by atoms with Crippen LogP contribution in [0.1, 0.15) is 5.69 Å². The third-order valence-corrected chi connectivity index (χ3v) is 2.96. The Morgan fingerprint density at radius 3 is 2.84 bits per heavy atom. The summed E-state index contributed by atoms with van der Waals surface area (Å²) in [4.78, 5) is 4.27. The summed E-state index contributed by atoms with van der Waals surface area (Å²) in [5.74, 6) is 0.572. The van der Waals surface area contributed by atoms with Gasteiger partial charge in [0, 0.05) is 22.8 Å². The summed E-state index contributed by atoms with van der Waals surface area (Å²) in [6.07, 6.45) is 1.82. The number of rotatable bonds is 2. The van der Waals surface area contributed by atoms with Gasteiger partial charge in [-0.2, -0.15) is 5.10 Å². The topological polar surface area (TPSA) is 66.0 Å². The van der Waals surface area contributed by atoms with E-state index in [0.29, 0.717) is 11.6 Å². The molecule has 1 aromatic carbocycles. The molecule has 2 heterocycles. The molecule has 0 unspecified atom stereocenters. The highest BCUT2D eigenvalue weighted by molar-refractivity contribution is 5.83. The zero-order valence-electron chi connectivity index (χ0n) is 10.8. The van der Waals surface area contributed by atoms with E-state index in [1.807, 2.05) is 48.1 Å². The number of nitrogens with zero attached hydrogens (tertiary/aromatic N) is 3. The molecule has 2 aromatic heterocycles. The van der Waals surface area contributed by atoms with Crippen molar-refractivity contribution in [1.29, 1.82) is 0 Å². The fourth-order valence-electron chi connectivity index (χ4n) is 2.09. The largest absolute Gasteiger partial charge is 0.481 e. The lowest BCUT2D eigenvalue weighted by atomic mass is 10.2. The summed E-state index contributed by atoms with van der Waals surface area (Å²) < 4.78 is 7.03. The first-order chi connectivity index (χ1) is 9.17. The van der Waals surface area contributed by atoms with Crippen LogP contribution in [0.4, 0.5) is 5.69 Å². The molecule has 0 aliphatic carbocycles. The quantitative estimate of drug-likeness (QED) is 0.713. The van der Waals surface area contributed by atoms with Crippen molar-refractivity contribution in [2.24, 2.45) is 0 Å². The number of nitrogens with two attached hydrogens (primary N) is 1. The Hall–Kier alpha value is -2.56. The molecule has 0 saturated heterocycles. The molecule has 0 spiro atoms. The molecular weight excluding hydrogens is 240 g/mol. The number of ether oxygens (including phenoxy) is 1. The predicted octanol–water partition coefficient (Wildman–Crippen LogP) is 2.32. The van der Waals surface area contributed by atoms with Gasteiger partial charge in [-0.05, 0) is 31.2 Å². The fraction of sp³-hybridized carbons (Fsp3) is 0.143. The first kappa shape index (κ1) is 11.5. The summed E-state index contributed by atoms with van der Waals surface area (Å²) in [6, 6.07) is 9.54. The Morgan fingerprint density at radius 1 is 1.21 bits per heavy atom. The van der Waals surface area contributed by atoms with Crippen molar-refractivity contribution in [3.05, 3.63) is 42.2 Å². The van der Waals surface area contributed by atoms with Gasteiger partial charge in [-0.1, -0.05) is 0 Å². The summed E-state index contributed by atoms with van der Waals surface area (Å²) in [6.45, 7) is 1.92. The molecule has 0 saturated carbocycles. The zero-order valence-corrected chi connectivity index (χ0v) is 10.8. The Kier molecular flexibility index (Phi) is 2.59. The molecule has 0 fully saturated rings. The minimum absolute atomic E-state index is 0.572. The normalized spacial score (nSPS) is 10.8. The number of anilines is 1. The van der Waals surface area contributed by atoms with E-state index in [9.17, 15) is 0 Å². The Labute approximate surface area is 110 Å². The second kappa shape index (κ2) is 4.28. The molecule has 0 atom stereocenters. The van der Waals surface area contributed by atoms with Gasteiger partial charge in [-0.25, -0.2) is 9.67 Å². The molecular formula is C14H14N4O. The van der Waals surface area contributed by atoms with Crippen LogP contribution in [0.15, 0.2) is 36.5 Å². The molecule has 96 valence electrons. The third kappa shape index (κ3) is 1.99. The number of aromatic nitrogens is 3. The molecule has 0 aliphatic rings. The highest BCUT2D eigenvalue weighted by Crippen LogP contribution is 2.22. The third-order valence-electron chi connectivity index (χ3n) is 2.96. The van der Waals surface area contributed by atoms with E-state index in [0.717, 1.165) is 22.3 Å². The average molecular weight is 254 g/mol. The highest BCUT2D eigenvalue weighted by atomic mass is 16.5. The Balaban J connectivity index is 2.24. The Morgan fingerprint density at radius 2 is 2.05 bits per heavy atom. The monoisotopic (exact) mass is 254 g/mol. The van der Waals surface area contributed by atoms with Gasteiger partial charge in [-0.3, -0.25) is 0 Å². The van der Waals surface area contributed by atoms with E-state index < -0.39 is 0 Å². The minimum Gasteiger partial charge on any atom is -0.481 e. The number of nitrogen functional groups attached to an aromatic ring is 1. The fourth-order valence-corrected chi connectivity index (χ4v) is 2.09. The first-order valence-electron chi connectivity index (χ1n) is 5.94. The molecule has 5 heteroatoms. The number of aryl methyl sites for hydroxylation is 1. The van der Waals surface area contributed by atoms with Gasteiger partial charge in [0.2, 0.25) is 5.88 Å². The number of benzene rings is 1. The molecule has 0 radical (unpaired) electrons. The number of hydrogen-bond acceptors (Lipinski definition) is 4. The van der Waals surface area contributed by atoms with Crippen molar-refractivity contribution >= 4 is 16.6 Å². The van der Waals surface area contributed by atoms with Crippen molar-refractivity contribution in [2.45, 2.75) is 6.92 Å². The second-order valence-corrected chi connectivity index (χ2v) is 4.38. The van der Waals surface area contributed by atoms with Crippen LogP contribution in [0.25, 0.3) is 16.6 Å². The summed E-state index contributed by atoms with van der Waals surface area (Å²) in [5.41, 5.74) is 9.30. The lowest BCUT2D eigenvalue weighted by Gasteiger charge is -2.07. The molecule has 5 nitrogen and oxygen atoms in total. The van der Waals surface area contributed by atoms with Crippen LogP contribution < -0.4 is 10.5 Å². The SMILES string of the molecule is COc1cc(-n2ncc3ccc(N)cc32)cc(C)n1. The van der Waals surface area contributed by atoms with E-state index >= 15 is 0 Å². The number of hydrogen-bond donors (Lipinski definition) is 1. The first-order valence-corrected chi connectivity index (χ1v) is 5.94. The average Bonchev–Trinajstić information content (AvgIpc) is 2.80. The van der Waals surface area contributed by atoms with Gasteiger partial charge >= 0.3 is 0 Å². The van der Waals surface area contributed by atoms with Crippen LogP contribution in [0.5, 0.6) is 5.88 Å². The van der Waals surface area contributed by atoms with Crippen molar-refractivity contribution in [1.82, 2.24) is 14.8 Å². The van der Waals surface area contributed by atoms with E-state index in [1.165, 1.54) is 0 Å². The van der Waals surface area contributed by atoms with Gasteiger partial charge in [0.15, 0.2) is 0 Å². The molecule has 0 amide bonds. The van der Waals surface area contributed by atoms with Crippen LogP contribution in [0, 0.1) is 6.92 Å². The lowest BCUT2D eigenvalue weighted by Crippen LogP contribution is -2.00. The standard InChI is InChI=1S/C14H14N4O/c1-9-5-12(7-14(17-9)19-2)18-13-6-11(15)4-3-10(13)8-16-18/h3-8H,15H2,1-2H3. The maximum absolute atomic E-state index is 5.84. The summed E-state index contributed by atoms with van der Waals surface area (Å²) in [5, 5.41) is 5.45. The number of fused-ring (bicyclic) bond motifs is 1. The van der Waals surface area contributed by atoms with Gasteiger partial charge < -0.3 is 10.5 Å². The Bertz CT molecular complexity index is 748. The van der Waals surface area contributed by atoms with E-state index in [2.05, 4.69) is 10.1 Å². The second-order valence-electron chi connectivity index (χ2n) is 4.38. The van der Waals surface area contributed by atoms with Crippen LogP contribution in [-0.2, 0) is 0 Å². The van der Waals surface area contributed by atoms with Crippen LogP contribution in [0.2, 0.25) is 0 Å². The molecule has 0 aliphatic heterocycles. The van der Waals surface area contributed by atoms with Crippen molar-refractivity contribution in [3.8, 4) is 11.6 Å². The molecule has 3 aromatic rings. The predicted molar refractivity (Wildman–Crippen MR) is 74.6 cm³/mol. The maximum atomic E-state index is 5.84. The van der Waals surface area contributed by atoms with E-state index in [4.69, 9.17) is 10.5 Å².